The highest BCUT2D eigenvalue weighted by Gasteiger charge is 2.34. The molecule has 27 heavy (non-hydrogen) atoms. The van der Waals surface area contributed by atoms with Gasteiger partial charge in [-0.15, -0.1) is 0 Å². The van der Waals surface area contributed by atoms with E-state index in [1.807, 2.05) is 36.4 Å². The topological polar surface area (TPSA) is 58.6 Å². The Morgan fingerprint density at radius 2 is 1.96 bits per heavy atom. The number of halogens is 1. The summed E-state index contributed by atoms with van der Waals surface area (Å²) >= 11 is 6.91. The highest BCUT2D eigenvalue weighted by molar-refractivity contribution is 8.18. The van der Waals surface area contributed by atoms with Gasteiger partial charge in [-0.25, -0.2) is 0 Å². The molecular formula is C20H17ClN2O3S. The Labute approximate surface area is 166 Å². The quantitative estimate of drug-likeness (QED) is 0.690. The molecule has 3 rings (SSSR count). The van der Waals surface area contributed by atoms with Crippen LogP contribution in [0.25, 0.3) is 6.08 Å². The first-order valence-electron chi connectivity index (χ1n) is 8.13. The van der Waals surface area contributed by atoms with E-state index in [0.29, 0.717) is 21.4 Å². The third-order valence-corrected chi connectivity index (χ3v) is 4.96. The number of hydrogen-bond donors (Lipinski definition) is 1. The number of amides is 2. The van der Waals surface area contributed by atoms with Crippen molar-refractivity contribution < 1.29 is 14.3 Å². The Balaban J connectivity index is 1.67. The third-order valence-electron chi connectivity index (χ3n) is 3.80. The van der Waals surface area contributed by atoms with Crippen molar-refractivity contribution in [1.29, 1.82) is 0 Å². The van der Waals surface area contributed by atoms with Gasteiger partial charge in [0.1, 0.15) is 5.75 Å². The van der Waals surface area contributed by atoms with Crippen LogP contribution in [0.15, 0.2) is 65.6 Å². The van der Waals surface area contributed by atoms with Gasteiger partial charge in [0, 0.05) is 5.02 Å². The molecule has 1 saturated heterocycles. The Morgan fingerprint density at radius 1 is 1.19 bits per heavy atom. The van der Waals surface area contributed by atoms with Gasteiger partial charge in [-0.2, -0.15) is 0 Å². The molecule has 7 heteroatoms. The summed E-state index contributed by atoms with van der Waals surface area (Å²) in [5, 5.41) is 3.23. The van der Waals surface area contributed by atoms with E-state index >= 15 is 0 Å². The Bertz CT molecular complexity index is 913. The molecule has 1 fully saturated rings. The van der Waals surface area contributed by atoms with Crippen LogP contribution in [-0.2, 0) is 4.79 Å². The average Bonchev–Trinajstić information content (AvgIpc) is 2.94. The minimum absolute atomic E-state index is 0.0289. The van der Waals surface area contributed by atoms with Crippen LogP contribution in [-0.4, -0.2) is 29.8 Å². The summed E-state index contributed by atoms with van der Waals surface area (Å²) in [5.74, 6) is 0.240. The average molecular weight is 401 g/mol. The maximum absolute atomic E-state index is 12.5. The second kappa shape index (κ2) is 8.79. The number of benzene rings is 2. The molecule has 0 radical (unpaired) electrons. The number of nitrogens with one attached hydrogen (secondary N) is 1. The molecule has 0 unspecified atom stereocenters. The number of methoxy groups -OCH3 is 1. The number of thioether (sulfide) groups is 1. The predicted molar refractivity (Wildman–Crippen MR) is 110 cm³/mol. The molecule has 1 aliphatic rings. The minimum Gasteiger partial charge on any atom is -0.495 e. The molecular weight excluding hydrogens is 384 g/mol. The van der Waals surface area contributed by atoms with Crippen LogP contribution in [0.1, 0.15) is 5.56 Å². The highest BCUT2D eigenvalue weighted by atomic mass is 35.5. The number of allylic oxidation sites excluding steroid dienone is 2. The molecule has 2 amide bonds. The second-order valence-electron chi connectivity index (χ2n) is 5.58. The molecule has 0 aromatic heterocycles. The van der Waals surface area contributed by atoms with Crippen molar-refractivity contribution in [3.05, 3.63) is 76.2 Å². The fraction of sp³-hybridized carbons (Fsp3) is 0.100. The normalized spacial score (nSPS) is 15.8. The summed E-state index contributed by atoms with van der Waals surface area (Å²) in [5.41, 5.74) is 1.62. The van der Waals surface area contributed by atoms with Crippen molar-refractivity contribution in [3.8, 4) is 5.75 Å². The molecule has 0 atom stereocenters. The molecule has 1 heterocycles. The van der Waals surface area contributed by atoms with Crippen LogP contribution >= 0.6 is 23.4 Å². The van der Waals surface area contributed by atoms with Crippen LogP contribution in [0.2, 0.25) is 5.02 Å². The molecule has 138 valence electrons. The van der Waals surface area contributed by atoms with E-state index in [1.165, 1.54) is 7.11 Å². The lowest BCUT2D eigenvalue weighted by Gasteiger charge is -2.16. The lowest BCUT2D eigenvalue weighted by molar-refractivity contribution is -0.122. The van der Waals surface area contributed by atoms with Gasteiger partial charge >= 0.3 is 0 Å². The maximum atomic E-state index is 12.5. The molecule has 0 spiro atoms. The SMILES string of the molecule is COc1ccc(Cl)cc1NCN1C(=O)S/C(=C/C=C\c2ccccc2)C1=O. The van der Waals surface area contributed by atoms with Gasteiger partial charge in [0.2, 0.25) is 0 Å². The van der Waals surface area contributed by atoms with E-state index in [-0.39, 0.29) is 17.8 Å². The van der Waals surface area contributed by atoms with Crippen molar-refractivity contribution >= 4 is 46.3 Å². The van der Waals surface area contributed by atoms with Crippen molar-refractivity contribution in [2.75, 3.05) is 19.1 Å². The van der Waals surface area contributed by atoms with Crippen LogP contribution < -0.4 is 10.1 Å². The Morgan fingerprint density at radius 3 is 2.70 bits per heavy atom. The molecule has 2 aromatic carbocycles. The summed E-state index contributed by atoms with van der Waals surface area (Å²) in [4.78, 5) is 26.2. The summed E-state index contributed by atoms with van der Waals surface area (Å²) in [6.45, 7) is 0.0289. The summed E-state index contributed by atoms with van der Waals surface area (Å²) in [6.07, 6.45) is 5.29. The van der Waals surface area contributed by atoms with Crippen molar-refractivity contribution in [1.82, 2.24) is 4.90 Å². The number of carbonyl (C=O) groups excluding carboxylic acids is 2. The Kier molecular flexibility index (Phi) is 6.21. The van der Waals surface area contributed by atoms with E-state index in [9.17, 15) is 9.59 Å². The first-order valence-corrected chi connectivity index (χ1v) is 9.32. The minimum atomic E-state index is -0.337. The van der Waals surface area contributed by atoms with Gasteiger partial charge in [-0.05, 0) is 41.6 Å². The summed E-state index contributed by atoms with van der Waals surface area (Å²) in [7, 11) is 1.54. The van der Waals surface area contributed by atoms with Gasteiger partial charge in [0.15, 0.2) is 0 Å². The zero-order chi connectivity index (χ0) is 19.2. The number of nitrogens with zero attached hydrogens (tertiary/aromatic N) is 1. The zero-order valence-electron chi connectivity index (χ0n) is 14.5. The van der Waals surface area contributed by atoms with E-state index in [2.05, 4.69) is 5.32 Å². The van der Waals surface area contributed by atoms with Gasteiger partial charge in [-0.3, -0.25) is 14.5 Å². The Hall–Kier alpha value is -2.70. The molecule has 0 aliphatic carbocycles. The van der Waals surface area contributed by atoms with Crippen molar-refractivity contribution in [2.45, 2.75) is 0 Å². The zero-order valence-corrected chi connectivity index (χ0v) is 16.1. The van der Waals surface area contributed by atoms with Crippen molar-refractivity contribution in [3.63, 3.8) is 0 Å². The lowest BCUT2D eigenvalue weighted by Crippen LogP contribution is -2.33. The van der Waals surface area contributed by atoms with Gasteiger partial charge in [-0.1, -0.05) is 54.1 Å². The van der Waals surface area contributed by atoms with E-state index in [4.69, 9.17) is 16.3 Å². The standard InChI is InChI=1S/C20H17ClN2O3S/c1-26-17-11-10-15(21)12-16(17)22-13-23-19(24)18(27-20(23)25)9-5-8-14-6-3-2-4-7-14/h2-12,22H,13H2,1H3/b8-5-,18-9+. The van der Waals surface area contributed by atoms with Crippen LogP contribution in [0.4, 0.5) is 10.5 Å². The molecule has 1 N–H and O–H groups in total. The lowest BCUT2D eigenvalue weighted by atomic mass is 10.2. The molecule has 1 aliphatic heterocycles. The first-order chi connectivity index (χ1) is 13.1. The number of ether oxygens (including phenoxy) is 1. The number of imide groups is 1. The van der Waals surface area contributed by atoms with Gasteiger partial charge in [0.05, 0.1) is 24.4 Å². The predicted octanol–water partition coefficient (Wildman–Crippen LogP) is 5.01. The fourth-order valence-electron chi connectivity index (χ4n) is 2.44. The number of anilines is 1. The van der Waals surface area contributed by atoms with Crippen molar-refractivity contribution in [2.24, 2.45) is 0 Å². The van der Waals surface area contributed by atoms with E-state index in [1.54, 1.807) is 30.4 Å². The van der Waals surface area contributed by atoms with Crippen LogP contribution in [0.3, 0.4) is 0 Å². The number of hydrogen-bond acceptors (Lipinski definition) is 5. The maximum Gasteiger partial charge on any atom is 0.295 e. The monoisotopic (exact) mass is 400 g/mol. The summed E-state index contributed by atoms with van der Waals surface area (Å²) < 4.78 is 5.25. The van der Waals surface area contributed by atoms with Gasteiger partial charge < -0.3 is 10.1 Å². The smallest absolute Gasteiger partial charge is 0.295 e. The molecule has 2 aromatic rings. The fourth-order valence-corrected chi connectivity index (χ4v) is 3.41. The van der Waals surface area contributed by atoms with Gasteiger partial charge in [0.25, 0.3) is 11.1 Å². The summed E-state index contributed by atoms with van der Waals surface area (Å²) in [6, 6.07) is 14.8. The first kappa shape index (κ1) is 19.1. The van der Waals surface area contributed by atoms with E-state index in [0.717, 1.165) is 22.2 Å². The third kappa shape index (κ3) is 4.72. The highest BCUT2D eigenvalue weighted by Crippen LogP contribution is 2.32. The largest absolute Gasteiger partial charge is 0.495 e. The van der Waals surface area contributed by atoms with Crippen LogP contribution in [0.5, 0.6) is 5.75 Å². The number of rotatable bonds is 6. The molecule has 0 saturated carbocycles. The molecule has 5 nitrogen and oxygen atoms in total. The van der Waals surface area contributed by atoms with Crippen LogP contribution in [0, 0.1) is 0 Å². The van der Waals surface area contributed by atoms with E-state index < -0.39 is 0 Å². The second-order valence-corrected chi connectivity index (χ2v) is 7.01. The number of carbonyl (C=O) groups is 2. The molecule has 0 bridgehead atoms.